The number of hydrogen-bond acceptors (Lipinski definition) is 4. The average molecular weight is 342 g/mol. The topological polar surface area (TPSA) is 78.0 Å². The van der Waals surface area contributed by atoms with Crippen molar-refractivity contribution in [3.63, 3.8) is 0 Å². The molecule has 0 aromatic carbocycles. The molecule has 1 heterocycles. The van der Waals surface area contributed by atoms with E-state index in [1.54, 1.807) is 7.05 Å². The first kappa shape index (κ1) is 20.5. The first-order valence-corrected chi connectivity index (χ1v) is 8.89. The van der Waals surface area contributed by atoms with Crippen molar-refractivity contribution < 1.29 is 9.53 Å². The minimum atomic E-state index is -0.472. The van der Waals surface area contributed by atoms with Crippen molar-refractivity contribution in [2.75, 3.05) is 33.2 Å². The van der Waals surface area contributed by atoms with Gasteiger partial charge in [0.2, 0.25) is 0 Å². The van der Waals surface area contributed by atoms with E-state index in [0.717, 1.165) is 31.9 Å². The van der Waals surface area contributed by atoms with Crippen molar-refractivity contribution in [3.05, 3.63) is 0 Å². The smallest absolute Gasteiger partial charge is 0.407 e. The molecule has 1 saturated heterocycles. The summed E-state index contributed by atoms with van der Waals surface area (Å²) in [6, 6.07) is 1.06. The molecule has 1 fully saturated rings. The number of hydrogen-bond donors (Lipinski definition) is 3. The van der Waals surface area contributed by atoms with Crippen LogP contribution in [0.4, 0.5) is 4.79 Å². The fourth-order valence-corrected chi connectivity index (χ4v) is 2.61. The SMILES string of the molecule is CN=C(NCCNC(=O)OC(C)(C)C)NC1CCN(C(C)C)CC1. The largest absolute Gasteiger partial charge is 0.444 e. The predicted octanol–water partition coefficient (Wildman–Crippen LogP) is 1.55. The molecule has 7 heteroatoms. The average Bonchev–Trinajstić information content (AvgIpc) is 2.49. The number of carbonyl (C=O) groups excluding carboxylic acids is 1. The molecule has 7 nitrogen and oxygen atoms in total. The van der Waals surface area contributed by atoms with Crippen LogP contribution < -0.4 is 16.0 Å². The van der Waals surface area contributed by atoms with Crippen LogP contribution in [0.15, 0.2) is 4.99 Å². The Kier molecular flexibility index (Phi) is 8.31. The van der Waals surface area contributed by atoms with Gasteiger partial charge in [-0.15, -0.1) is 0 Å². The lowest BCUT2D eigenvalue weighted by Gasteiger charge is -2.35. The van der Waals surface area contributed by atoms with Gasteiger partial charge in [-0.1, -0.05) is 0 Å². The summed E-state index contributed by atoms with van der Waals surface area (Å²) >= 11 is 0. The molecule has 0 aromatic heterocycles. The van der Waals surface area contributed by atoms with Gasteiger partial charge in [0.25, 0.3) is 0 Å². The highest BCUT2D eigenvalue weighted by atomic mass is 16.6. The maximum Gasteiger partial charge on any atom is 0.407 e. The number of aliphatic imine (C=N–C) groups is 1. The summed E-state index contributed by atoms with van der Waals surface area (Å²) < 4.78 is 5.19. The quantitative estimate of drug-likeness (QED) is 0.402. The van der Waals surface area contributed by atoms with Crippen LogP contribution in [-0.2, 0) is 4.74 Å². The van der Waals surface area contributed by atoms with Gasteiger partial charge in [0, 0.05) is 45.3 Å². The van der Waals surface area contributed by atoms with Gasteiger partial charge < -0.3 is 25.6 Å². The van der Waals surface area contributed by atoms with Crippen molar-refractivity contribution in [1.29, 1.82) is 0 Å². The molecule has 0 atom stereocenters. The van der Waals surface area contributed by atoms with Crippen LogP contribution in [0.25, 0.3) is 0 Å². The zero-order chi connectivity index (χ0) is 18.2. The van der Waals surface area contributed by atoms with Crippen LogP contribution in [0.5, 0.6) is 0 Å². The number of likely N-dealkylation sites (tertiary alicyclic amines) is 1. The molecular weight excluding hydrogens is 306 g/mol. The number of amides is 1. The molecule has 1 aliphatic heterocycles. The van der Waals surface area contributed by atoms with Gasteiger partial charge in [0.15, 0.2) is 5.96 Å². The summed E-state index contributed by atoms with van der Waals surface area (Å²) in [4.78, 5) is 18.3. The van der Waals surface area contributed by atoms with E-state index in [1.165, 1.54) is 0 Å². The lowest BCUT2D eigenvalue weighted by molar-refractivity contribution is 0.0529. The van der Waals surface area contributed by atoms with E-state index in [-0.39, 0.29) is 0 Å². The maximum atomic E-state index is 11.6. The molecule has 0 unspecified atom stereocenters. The van der Waals surface area contributed by atoms with Crippen LogP contribution in [0.2, 0.25) is 0 Å². The molecule has 0 bridgehead atoms. The first-order valence-electron chi connectivity index (χ1n) is 8.89. The standard InChI is InChI=1S/C17H35N5O2/c1-13(2)22-11-7-14(8-12-22)21-15(18-6)19-9-10-20-16(23)24-17(3,4)5/h13-14H,7-12H2,1-6H3,(H,20,23)(H2,18,19,21). The molecule has 1 aliphatic rings. The summed E-state index contributed by atoms with van der Waals surface area (Å²) in [6.45, 7) is 13.4. The van der Waals surface area contributed by atoms with Crippen molar-refractivity contribution in [2.24, 2.45) is 4.99 Å². The summed E-state index contributed by atoms with van der Waals surface area (Å²) in [6.07, 6.45) is 1.85. The van der Waals surface area contributed by atoms with Gasteiger partial charge in [0.05, 0.1) is 0 Å². The third-order valence-corrected chi connectivity index (χ3v) is 3.91. The third-order valence-electron chi connectivity index (χ3n) is 3.91. The second kappa shape index (κ2) is 9.71. The van der Waals surface area contributed by atoms with Crippen LogP contribution in [0, 0.1) is 0 Å². The zero-order valence-electron chi connectivity index (χ0n) is 16.1. The van der Waals surface area contributed by atoms with Crippen molar-refractivity contribution >= 4 is 12.1 Å². The molecule has 0 aliphatic carbocycles. The van der Waals surface area contributed by atoms with Gasteiger partial charge in [-0.25, -0.2) is 4.79 Å². The minimum Gasteiger partial charge on any atom is -0.444 e. The molecule has 1 amide bonds. The number of rotatable bonds is 5. The first-order chi connectivity index (χ1) is 11.2. The van der Waals surface area contributed by atoms with Gasteiger partial charge >= 0.3 is 6.09 Å². The van der Waals surface area contributed by atoms with Gasteiger partial charge in [0.1, 0.15) is 5.60 Å². The lowest BCUT2D eigenvalue weighted by atomic mass is 10.0. The molecule has 0 aromatic rings. The predicted molar refractivity (Wildman–Crippen MR) is 98.5 cm³/mol. The van der Waals surface area contributed by atoms with E-state index in [1.807, 2.05) is 20.8 Å². The van der Waals surface area contributed by atoms with Gasteiger partial charge in [-0.3, -0.25) is 4.99 Å². The van der Waals surface area contributed by atoms with Crippen LogP contribution in [0.3, 0.4) is 0 Å². The molecule has 0 radical (unpaired) electrons. The number of guanidine groups is 1. The molecular formula is C17H35N5O2. The van der Waals surface area contributed by atoms with E-state index in [4.69, 9.17) is 4.74 Å². The Balaban J connectivity index is 2.21. The third kappa shape index (κ3) is 8.38. The highest BCUT2D eigenvalue weighted by molar-refractivity contribution is 5.80. The Morgan fingerprint density at radius 2 is 1.79 bits per heavy atom. The molecule has 1 rings (SSSR count). The van der Waals surface area contributed by atoms with Crippen LogP contribution in [0.1, 0.15) is 47.5 Å². The Labute approximate surface area is 146 Å². The highest BCUT2D eigenvalue weighted by Gasteiger charge is 2.21. The van der Waals surface area contributed by atoms with Crippen molar-refractivity contribution in [1.82, 2.24) is 20.9 Å². The highest BCUT2D eigenvalue weighted by Crippen LogP contribution is 2.12. The summed E-state index contributed by atoms with van der Waals surface area (Å²) in [7, 11) is 1.76. The Morgan fingerprint density at radius 3 is 2.29 bits per heavy atom. The van der Waals surface area contributed by atoms with E-state index < -0.39 is 11.7 Å². The summed E-state index contributed by atoms with van der Waals surface area (Å²) in [5.74, 6) is 0.781. The number of carbonyl (C=O) groups is 1. The summed E-state index contributed by atoms with van der Waals surface area (Å²) in [5, 5.41) is 9.41. The monoisotopic (exact) mass is 341 g/mol. The van der Waals surface area contributed by atoms with Gasteiger partial charge in [-0.2, -0.15) is 0 Å². The number of nitrogens with zero attached hydrogens (tertiary/aromatic N) is 2. The Morgan fingerprint density at radius 1 is 1.21 bits per heavy atom. The second-order valence-corrected chi connectivity index (χ2v) is 7.48. The molecule has 0 saturated carbocycles. The van der Waals surface area contributed by atoms with Crippen molar-refractivity contribution in [3.8, 4) is 0 Å². The number of nitrogens with one attached hydrogen (secondary N) is 3. The number of piperidine rings is 1. The number of ether oxygens (including phenoxy) is 1. The molecule has 140 valence electrons. The lowest BCUT2D eigenvalue weighted by Crippen LogP contribution is -2.50. The fraction of sp³-hybridized carbons (Fsp3) is 0.882. The van der Waals surface area contributed by atoms with E-state index in [0.29, 0.717) is 25.2 Å². The van der Waals surface area contributed by atoms with E-state index >= 15 is 0 Å². The van der Waals surface area contributed by atoms with E-state index in [9.17, 15) is 4.79 Å². The Bertz CT molecular complexity index is 410. The molecule has 0 spiro atoms. The zero-order valence-corrected chi connectivity index (χ0v) is 16.1. The number of alkyl carbamates (subject to hydrolysis) is 1. The molecule has 3 N–H and O–H groups in total. The van der Waals surface area contributed by atoms with Gasteiger partial charge in [-0.05, 0) is 47.5 Å². The van der Waals surface area contributed by atoms with Crippen LogP contribution in [-0.4, -0.2) is 67.9 Å². The fourth-order valence-electron chi connectivity index (χ4n) is 2.61. The Hall–Kier alpha value is -1.50. The molecule has 24 heavy (non-hydrogen) atoms. The second-order valence-electron chi connectivity index (χ2n) is 7.48. The summed E-state index contributed by atoms with van der Waals surface area (Å²) in [5.41, 5.74) is -0.472. The maximum absolute atomic E-state index is 11.6. The van der Waals surface area contributed by atoms with Crippen molar-refractivity contribution in [2.45, 2.75) is 65.1 Å². The van der Waals surface area contributed by atoms with E-state index in [2.05, 4.69) is 39.7 Å². The normalized spacial score (nSPS) is 17.7. The minimum absolute atomic E-state index is 0.395. The van der Waals surface area contributed by atoms with Crippen LogP contribution >= 0.6 is 0 Å².